The van der Waals surface area contributed by atoms with Crippen LogP contribution < -0.4 is 14.4 Å². The van der Waals surface area contributed by atoms with Crippen molar-refractivity contribution >= 4 is 50.7 Å². The van der Waals surface area contributed by atoms with Gasteiger partial charge in [0.05, 0.1) is 27.2 Å². The van der Waals surface area contributed by atoms with E-state index < -0.39 is 34.3 Å². The first-order chi connectivity index (χ1) is 20.5. The van der Waals surface area contributed by atoms with Gasteiger partial charge in [-0.05, 0) is 92.9 Å². The normalized spacial score (nSPS) is 14.3. The molecule has 0 aliphatic heterocycles. The quantitative estimate of drug-likeness (QED) is 0.252. The smallest absolute Gasteiger partial charge is 0.264 e. The second-order valence-electron chi connectivity index (χ2n) is 10.3. The van der Waals surface area contributed by atoms with E-state index in [0.717, 1.165) is 42.1 Å². The lowest BCUT2D eigenvalue weighted by atomic mass is 10.1. The van der Waals surface area contributed by atoms with E-state index in [0.29, 0.717) is 22.9 Å². The van der Waals surface area contributed by atoms with Gasteiger partial charge >= 0.3 is 0 Å². The van der Waals surface area contributed by atoms with Crippen molar-refractivity contribution in [1.29, 1.82) is 0 Å². The lowest BCUT2D eigenvalue weighted by Crippen LogP contribution is -2.52. The molecule has 4 rings (SSSR count). The number of ether oxygens (including phenoxy) is 1. The van der Waals surface area contributed by atoms with Crippen molar-refractivity contribution in [3.63, 3.8) is 0 Å². The van der Waals surface area contributed by atoms with Crippen molar-refractivity contribution in [1.82, 2.24) is 10.2 Å². The zero-order chi connectivity index (χ0) is 31.1. The van der Waals surface area contributed by atoms with Gasteiger partial charge in [0.15, 0.2) is 0 Å². The number of hydrogen-bond donors (Lipinski definition) is 1. The molecule has 0 radical (unpaired) electrons. The highest BCUT2D eigenvalue weighted by atomic mass is 35.5. The Hall–Kier alpha value is -3.34. The Kier molecular flexibility index (Phi) is 10.9. The fourth-order valence-electron chi connectivity index (χ4n) is 4.95. The summed E-state index contributed by atoms with van der Waals surface area (Å²) >= 11 is 12.3. The summed E-state index contributed by atoms with van der Waals surface area (Å²) in [5, 5.41) is 3.63. The first-order valence-electron chi connectivity index (χ1n) is 14.0. The zero-order valence-electron chi connectivity index (χ0n) is 23.9. The maximum absolute atomic E-state index is 14.0. The fourth-order valence-corrected chi connectivity index (χ4v) is 6.68. The van der Waals surface area contributed by atoms with Crippen LogP contribution >= 0.6 is 23.2 Å². The largest absolute Gasteiger partial charge is 0.494 e. The molecule has 1 fully saturated rings. The van der Waals surface area contributed by atoms with Crippen molar-refractivity contribution in [2.75, 3.05) is 17.5 Å². The van der Waals surface area contributed by atoms with E-state index >= 15 is 0 Å². The summed E-state index contributed by atoms with van der Waals surface area (Å²) in [7, 11) is -4.31. The summed E-state index contributed by atoms with van der Waals surface area (Å²) < 4.78 is 48.0. The molecule has 0 heterocycles. The lowest BCUT2D eigenvalue weighted by molar-refractivity contribution is -0.139. The van der Waals surface area contributed by atoms with Crippen LogP contribution in [-0.2, 0) is 26.2 Å². The molecule has 1 aliphatic rings. The minimum atomic E-state index is -4.31. The fraction of sp³-hybridized carbons (Fsp3) is 0.355. The number of hydrogen-bond acceptors (Lipinski definition) is 5. The van der Waals surface area contributed by atoms with Crippen LogP contribution in [0.3, 0.4) is 0 Å². The Morgan fingerprint density at radius 2 is 1.65 bits per heavy atom. The maximum atomic E-state index is 14.0. The highest BCUT2D eigenvalue weighted by Gasteiger charge is 2.33. The first-order valence-corrected chi connectivity index (χ1v) is 16.2. The number of sulfonamides is 1. The third-order valence-corrected chi connectivity index (χ3v) is 9.85. The van der Waals surface area contributed by atoms with Gasteiger partial charge < -0.3 is 15.0 Å². The van der Waals surface area contributed by atoms with Crippen molar-refractivity contribution in [3.05, 3.63) is 88.2 Å². The van der Waals surface area contributed by atoms with E-state index in [4.69, 9.17) is 27.9 Å². The van der Waals surface area contributed by atoms with Crippen LogP contribution in [0, 0.1) is 5.82 Å². The standard InChI is InChI=1S/C31H34Cl2FN3O5S/c1-3-42-26-13-15-27(16-14-26)43(40,41)37(25-11-9-23(34)10-12-25)20-30(38)36(19-22-8-17-28(32)29(33)18-22)21(2)31(39)35-24-6-4-5-7-24/h8-18,21,24H,3-7,19-20H2,1-2H3,(H,35,39)/t21-/m0/s1. The predicted molar refractivity (Wildman–Crippen MR) is 165 cm³/mol. The molecule has 8 nitrogen and oxygen atoms in total. The van der Waals surface area contributed by atoms with E-state index in [9.17, 15) is 22.4 Å². The maximum Gasteiger partial charge on any atom is 0.264 e. The zero-order valence-corrected chi connectivity index (χ0v) is 26.3. The van der Waals surface area contributed by atoms with Gasteiger partial charge in [0.2, 0.25) is 11.8 Å². The second kappa shape index (κ2) is 14.4. The minimum absolute atomic E-state index is 0.0210. The van der Waals surface area contributed by atoms with Gasteiger partial charge in [-0.25, -0.2) is 12.8 Å². The van der Waals surface area contributed by atoms with Crippen molar-refractivity contribution in [2.24, 2.45) is 0 Å². The van der Waals surface area contributed by atoms with Crippen LogP contribution in [0.1, 0.15) is 45.1 Å². The summed E-state index contributed by atoms with van der Waals surface area (Å²) in [5.74, 6) is -1.06. The molecule has 2 amide bonds. The van der Waals surface area contributed by atoms with E-state index in [2.05, 4.69) is 5.32 Å². The molecule has 1 atom stereocenters. The molecule has 0 aromatic heterocycles. The van der Waals surface area contributed by atoms with Crippen molar-refractivity contribution in [3.8, 4) is 5.75 Å². The molecular formula is C31H34Cl2FN3O5S. The minimum Gasteiger partial charge on any atom is -0.494 e. The van der Waals surface area contributed by atoms with E-state index in [1.165, 1.54) is 41.3 Å². The van der Waals surface area contributed by atoms with Crippen LogP contribution in [0.5, 0.6) is 5.75 Å². The molecule has 0 bridgehead atoms. The first kappa shape index (κ1) is 32.6. The second-order valence-corrected chi connectivity index (χ2v) is 13.0. The number of halogens is 3. The SMILES string of the molecule is CCOc1ccc(S(=O)(=O)N(CC(=O)N(Cc2ccc(Cl)c(Cl)c2)[C@@H](C)C(=O)NC2CCCC2)c2ccc(F)cc2)cc1. The summed E-state index contributed by atoms with van der Waals surface area (Å²) in [4.78, 5) is 28.6. The summed E-state index contributed by atoms with van der Waals surface area (Å²) in [6.07, 6.45) is 3.75. The van der Waals surface area contributed by atoms with Gasteiger partial charge in [-0.2, -0.15) is 0 Å². The Bertz CT molecular complexity index is 1530. The highest BCUT2D eigenvalue weighted by molar-refractivity contribution is 7.92. The number of nitrogens with one attached hydrogen (secondary N) is 1. The average Bonchev–Trinajstić information content (AvgIpc) is 3.50. The number of anilines is 1. The monoisotopic (exact) mass is 649 g/mol. The Morgan fingerprint density at radius 3 is 2.26 bits per heavy atom. The van der Waals surface area contributed by atoms with Crippen LogP contribution in [-0.4, -0.2) is 50.4 Å². The number of carbonyl (C=O) groups is 2. The Balaban J connectivity index is 1.68. The molecule has 3 aromatic carbocycles. The molecule has 1 aliphatic carbocycles. The van der Waals surface area contributed by atoms with Gasteiger partial charge in [0.25, 0.3) is 10.0 Å². The van der Waals surface area contributed by atoms with Crippen LogP contribution in [0.25, 0.3) is 0 Å². The Labute approximate surface area is 261 Å². The van der Waals surface area contributed by atoms with E-state index in [-0.39, 0.29) is 34.1 Å². The van der Waals surface area contributed by atoms with Gasteiger partial charge in [-0.3, -0.25) is 13.9 Å². The van der Waals surface area contributed by atoms with E-state index in [1.54, 1.807) is 25.1 Å². The molecule has 43 heavy (non-hydrogen) atoms. The molecule has 0 unspecified atom stereocenters. The molecule has 12 heteroatoms. The lowest BCUT2D eigenvalue weighted by Gasteiger charge is -2.32. The molecule has 0 saturated heterocycles. The third-order valence-electron chi connectivity index (χ3n) is 7.32. The third kappa shape index (κ3) is 8.19. The van der Waals surface area contributed by atoms with Gasteiger partial charge in [0, 0.05) is 12.6 Å². The van der Waals surface area contributed by atoms with Crippen LogP contribution in [0.15, 0.2) is 71.6 Å². The molecule has 3 aromatic rings. The molecule has 1 N–H and O–H groups in total. The predicted octanol–water partition coefficient (Wildman–Crippen LogP) is 6.20. The summed E-state index contributed by atoms with van der Waals surface area (Å²) in [6, 6.07) is 14.6. The number of benzene rings is 3. The van der Waals surface area contributed by atoms with Gasteiger partial charge in [-0.15, -0.1) is 0 Å². The summed E-state index contributed by atoms with van der Waals surface area (Å²) in [5.41, 5.74) is 0.687. The molecule has 230 valence electrons. The molecule has 0 spiro atoms. The van der Waals surface area contributed by atoms with Crippen molar-refractivity contribution < 1.29 is 27.1 Å². The Morgan fingerprint density at radius 1 is 1.00 bits per heavy atom. The number of rotatable bonds is 12. The number of nitrogens with zero attached hydrogens (tertiary/aromatic N) is 2. The van der Waals surface area contributed by atoms with Crippen LogP contribution in [0.4, 0.5) is 10.1 Å². The average molecular weight is 651 g/mol. The van der Waals surface area contributed by atoms with Gasteiger partial charge in [-0.1, -0.05) is 42.1 Å². The number of amides is 2. The molecular weight excluding hydrogens is 616 g/mol. The highest BCUT2D eigenvalue weighted by Crippen LogP contribution is 2.28. The summed E-state index contributed by atoms with van der Waals surface area (Å²) in [6.45, 7) is 3.14. The van der Waals surface area contributed by atoms with Crippen LogP contribution in [0.2, 0.25) is 10.0 Å². The number of carbonyl (C=O) groups excluding carboxylic acids is 2. The van der Waals surface area contributed by atoms with Crippen molar-refractivity contribution in [2.45, 2.75) is 63.1 Å². The van der Waals surface area contributed by atoms with E-state index in [1.807, 2.05) is 6.92 Å². The van der Waals surface area contributed by atoms with Gasteiger partial charge in [0.1, 0.15) is 24.2 Å². The molecule has 1 saturated carbocycles. The topological polar surface area (TPSA) is 96.0 Å².